The lowest BCUT2D eigenvalue weighted by Gasteiger charge is -2.35. The predicted molar refractivity (Wildman–Crippen MR) is 103 cm³/mol. The molecule has 0 spiro atoms. The van der Waals surface area contributed by atoms with E-state index in [2.05, 4.69) is 11.6 Å². The van der Waals surface area contributed by atoms with E-state index in [-0.39, 0.29) is 16.8 Å². The van der Waals surface area contributed by atoms with Crippen LogP contribution >= 0.6 is 0 Å². The Bertz CT molecular complexity index is 896. The van der Waals surface area contributed by atoms with Crippen LogP contribution in [0, 0.1) is 5.82 Å². The second-order valence-electron chi connectivity index (χ2n) is 6.69. The molecule has 1 unspecified atom stereocenters. The van der Waals surface area contributed by atoms with Crippen LogP contribution in [-0.4, -0.2) is 31.8 Å². The number of likely N-dealkylation sites (tertiary alicyclic amines) is 1. The number of hydrogen-bond acceptors (Lipinski definition) is 3. The Hall–Kier alpha value is -2.41. The van der Waals surface area contributed by atoms with Crippen LogP contribution in [0.4, 0.5) is 10.1 Å². The van der Waals surface area contributed by atoms with E-state index in [9.17, 15) is 17.6 Å². The normalized spacial score (nSPS) is 17.6. The van der Waals surface area contributed by atoms with Gasteiger partial charge in [0.15, 0.2) is 0 Å². The average molecular weight is 390 g/mol. The lowest BCUT2D eigenvalue weighted by molar-refractivity contribution is 0.0608. The van der Waals surface area contributed by atoms with Crippen LogP contribution in [0.15, 0.2) is 53.4 Å². The highest BCUT2D eigenvalue weighted by molar-refractivity contribution is 7.92. The minimum absolute atomic E-state index is 0.0190. The Morgan fingerprint density at radius 3 is 2.41 bits per heavy atom. The molecule has 1 heterocycles. The maximum absolute atomic E-state index is 13.0. The maximum atomic E-state index is 13.0. The Balaban J connectivity index is 1.73. The summed E-state index contributed by atoms with van der Waals surface area (Å²) < 4.78 is 40.1. The van der Waals surface area contributed by atoms with Gasteiger partial charge in [-0.15, -0.1) is 0 Å². The highest BCUT2D eigenvalue weighted by Crippen LogP contribution is 2.23. The van der Waals surface area contributed by atoms with Crippen molar-refractivity contribution in [2.45, 2.75) is 43.5 Å². The first-order chi connectivity index (χ1) is 12.9. The molecule has 7 heteroatoms. The first-order valence-corrected chi connectivity index (χ1v) is 10.6. The summed E-state index contributed by atoms with van der Waals surface area (Å²) in [4.78, 5) is 14.7. The van der Waals surface area contributed by atoms with Crippen molar-refractivity contribution in [2.24, 2.45) is 0 Å². The summed E-state index contributed by atoms with van der Waals surface area (Å²) in [5.41, 5.74) is 0.890. The third-order valence-corrected chi connectivity index (χ3v) is 6.26. The number of nitrogens with one attached hydrogen (secondary N) is 1. The van der Waals surface area contributed by atoms with Gasteiger partial charge in [0.2, 0.25) is 0 Å². The van der Waals surface area contributed by atoms with E-state index in [1.165, 1.54) is 12.1 Å². The van der Waals surface area contributed by atoms with Crippen LogP contribution in [-0.2, 0) is 10.0 Å². The SMILES string of the molecule is CCC1CCCCN1C(=O)c1ccc(NS(=O)(=O)c2ccc(F)cc2)cc1. The van der Waals surface area contributed by atoms with Crippen molar-refractivity contribution in [3.05, 3.63) is 59.9 Å². The second-order valence-corrected chi connectivity index (χ2v) is 8.38. The Morgan fingerprint density at radius 2 is 1.78 bits per heavy atom. The molecule has 0 saturated carbocycles. The molecule has 1 fully saturated rings. The lowest BCUT2D eigenvalue weighted by atomic mass is 9.99. The smallest absolute Gasteiger partial charge is 0.261 e. The Labute approximate surface area is 159 Å². The number of piperidine rings is 1. The monoisotopic (exact) mass is 390 g/mol. The highest BCUT2D eigenvalue weighted by atomic mass is 32.2. The van der Waals surface area contributed by atoms with Crippen LogP contribution in [0.25, 0.3) is 0 Å². The first-order valence-electron chi connectivity index (χ1n) is 9.10. The number of halogens is 1. The zero-order chi connectivity index (χ0) is 19.4. The van der Waals surface area contributed by atoms with E-state index >= 15 is 0 Å². The number of sulfonamides is 1. The van der Waals surface area contributed by atoms with Gasteiger partial charge in [-0.05, 0) is 74.2 Å². The van der Waals surface area contributed by atoms with Crippen LogP contribution in [0.5, 0.6) is 0 Å². The van der Waals surface area contributed by atoms with E-state index in [4.69, 9.17) is 0 Å². The van der Waals surface area contributed by atoms with Gasteiger partial charge in [0.1, 0.15) is 5.82 Å². The number of nitrogens with zero attached hydrogens (tertiary/aromatic N) is 1. The molecule has 0 aromatic heterocycles. The average Bonchev–Trinajstić information content (AvgIpc) is 2.68. The molecule has 5 nitrogen and oxygen atoms in total. The standard InChI is InChI=1S/C20H23FN2O3S/c1-2-18-5-3-4-14-23(18)20(24)15-6-10-17(11-7-15)22-27(25,26)19-12-8-16(21)9-13-19/h6-13,18,22H,2-5,14H2,1H3. The van der Waals surface area contributed by atoms with Gasteiger partial charge in [0.25, 0.3) is 15.9 Å². The molecular formula is C20H23FN2O3S. The number of benzene rings is 2. The fraction of sp³-hybridized carbons (Fsp3) is 0.350. The van der Waals surface area contributed by atoms with Crippen molar-refractivity contribution in [2.75, 3.05) is 11.3 Å². The Kier molecular flexibility index (Phi) is 5.79. The summed E-state index contributed by atoms with van der Waals surface area (Å²) in [6.07, 6.45) is 4.11. The van der Waals surface area contributed by atoms with Gasteiger partial charge in [-0.3, -0.25) is 9.52 Å². The third-order valence-electron chi connectivity index (χ3n) is 4.87. The number of amides is 1. The van der Waals surface area contributed by atoms with Gasteiger partial charge in [0.05, 0.1) is 4.90 Å². The minimum atomic E-state index is -3.81. The van der Waals surface area contributed by atoms with Crippen molar-refractivity contribution in [3.63, 3.8) is 0 Å². The summed E-state index contributed by atoms with van der Waals surface area (Å²) in [6, 6.07) is 11.3. The van der Waals surface area contributed by atoms with Crippen molar-refractivity contribution in [1.29, 1.82) is 0 Å². The summed E-state index contributed by atoms with van der Waals surface area (Å²) >= 11 is 0. The van der Waals surface area contributed by atoms with Gasteiger partial charge < -0.3 is 4.90 Å². The Morgan fingerprint density at radius 1 is 1.11 bits per heavy atom. The fourth-order valence-corrected chi connectivity index (χ4v) is 4.43. The molecule has 3 rings (SSSR count). The number of carbonyl (C=O) groups excluding carboxylic acids is 1. The maximum Gasteiger partial charge on any atom is 0.261 e. The highest BCUT2D eigenvalue weighted by Gasteiger charge is 2.26. The molecule has 0 radical (unpaired) electrons. The van der Waals surface area contributed by atoms with Gasteiger partial charge in [-0.25, -0.2) is 12.8 Å². The quantitative estimate of drug-likeness (QED) is 0.838. The van der Waals surface area contributed by atoms with Crippen LogP contribution in [0.1, 0.15) is 43.0 Å². The van der Waals surface area contributed by atoms with Gasteiger partial charge >= 0.3 is 0 Å². The number of carbonyl (C=O) groups is 1. The second kappa shape index (κ2) is 8.08. The molecule has 27 heavy (non-hydrogen) atoms. The molecule has 1 atom stereocenters. The van der Waals surface area contributed by atoms with Crippen LogP contribution < -0.4 is 4.72 Å². The number of rotatable bonds is 5. The van der Waals surface area contributed by atoms with Gasteiger partial charge in [-0.2, -0.15) is 0 Å². The zero-order valence-corrected chi connectivity index (χ0v) is 16.0. The van der Waals surface area contributed by atoms with Crippen molar-refractivity contribution in [1.82, 2.24) is 4.90 Å². The topological polar surface area (TPSA) is 66.5 Å². The molecule has 1 aliphatic rings. The number of hydrogen-bond donors (Lipinski definition) is 1. The van der Waals surface area contributed by atoms with E-state index in [1.54, 1.807) is 24.3 Å². The van der Waals surface area contributed by atoms with Crippen molar-refractivity contribution >= 4 is 21.6 Å². The van der Waals surface area contributed by atoms with Crippen molar-refractivity contribution in [3.8, 4) is 0 Å². The summed E-state index contributed by atoms with van der Waals surface area (Å²) in [5.74, 6) is -0.519. The summed E-state index contributed by atoms with van der Waals surface area (Å²) in [5, 5.41) is 0. The molecule has 1 saturated heterocycles. The van der Waals surface area contributed by atoms with E-state index in [0.717, 1.165) is 44.4 Å². The number of anilines is 1. The molecule has 1 amide bonds. The summed E-state index contributed by atoms with van der Waals surface area (Å²) in [6.45, 7) is 2.85. The largest absolute Gasteiger partial charge is 0.336 e. The van der Waals surface area contributed by atoms with E-state index in [0.29, 0.717) is 11.3 Å². The van der Waals surface area contributed by atoms with Gasteiger partial charge in [0, 0.05) is 23.8 Å². The van der Waals surface area contributed by atoms with Gasteiger partial charge in [-0.1, -0.05) is 6.92 Å². The molecule has 144 valence electrons. The fourth-order valence-electron chi connectivity index (χ4n) is 3.37. The molecule has 2 aromatic rings. The first kappa shape index (κ1) is 19.4. The molecule has 1 aliphatic heterocycles. The zero-order valence-electron chi connectivity index (χ0n) is 15.2. The predicted octanol–water partition coefficient (Wildman–Crippen LogP) is 4.03. The molecular weight excluding hydrogens is 367 g/mol. The van der Waals surface area contributed by atoms with Crippen LogP contribution in [0.3, 0.4) is 0 Å². The molecule has 0 bridgehead atoms. The molecule has 0 aliphatic carbocycles. The summed E-state index contributed by atoms with van der Waals surface area (Å²) in [7, 11) is -3.81. The minimum Gasteiger partial charge on any atom is -0.336 e. The molecule has 2 aromatic carbocycles. The van der Waals surface area contributed by atoms with Crippen LogP contribution in [0.2, 0.25) is 0 Å². The molecule has 1 N–H and O–H groups in total. The third kappa shape index (κ3) is 4.47. The lowest BCUT2D eigenvalue weighted by Crippen LogP contribution is -2.43. The van der Waals surface area contributed by atoms with Crippen molar-refractivity contribution < 1.29 is 17.6 Å². The van der Waals surface area contributed by atoms with E-state index < -0.39 is 15.8 Å². The van der Waals surface area contributed by atoms with E-state index in [1.807, 2.05) is 4.90 Å².